The molecule has 3 N–H and O–H groups in total. The number of benzene rings is 2. The van der Waals surface area contributed by atoms with Crippen LogP contribution >= 0.6 is 0 Å². The van der Waals surface area contributed by atoms with Crippen molar-refractivity contribution in [2.45, 2.75) is 33.2 Å². The van der Waals surface area contributed by atoms with Gasteiger partial charge in [-0.2, -0.15) is 0 Å². The Bertz CT molecular complexity index is 763. The van der Waals surface area contributed by atoms with E-state index in [1.165, 1.54) is 5.56 Å². The number of methoxy groups -OCH3 is 2. The minimum atomic E-state index is 0.350. The lowest BCUT2D eigenvalue weighted by Crippen LogP contribution is -2.22. The van der Waals surface area contributed by atoms with Crippen LogP contribution in [0.5, 0.6) is 17.2 Å². The van der Waals surface area contributed by atoms with Gasteiger partial charge in [-0.25, -0.2) is 4.99 Å². The molecule has 0 spiro atoms. The lowest BCUT2D eigenvalue weighted by Gasteiger charge is -2.15. The normalized spacial score (nSPS) is 11.4. The predicted octanol–water partition coefficient (Wildman–Crippen LogP) is 4.15. The van der Waals surface area contributed by atoms with Gasteiger partial charge in [-0.05, 0) is 48.2 Å². The Hall–Kier alpha value is -2.89. The maximum Gasteiger partial charge on any atom is 0.203 e. The first kappa shape index (κ1) is 20.4. The Balaban J connectivity index is 2.15. The van der Waals surface area contributed by atoms with Gasteiger partial charge in [-0.1, -0.05) is 26.0 Å². The van der Waals surface area contributed by atoms with Gasteiger partial charge in [0.05, 0.1) is 27.4 Å². The molecular weight excluding hydrogens is 342 g/mol. The minimum Gasteiger partial charge on any atom is -0.493 e. The second-order valence-corrected chi connectivity index (χ2v) is 6.37. The summed E-state index contributed by atoms with van der Waals surface area (Å²) in [4.78, 5) is 4.42. The van der Waals surface area contributed by atoms with Crippen LogP contribution in [0.25, 0.3) is 0 Å². The number of hydrogen-bond donors (Lipinski definition) is 2. The van der Waals surface area contributed by atoms with Crippen LogP contribution in [0, 0.1) is 0 Å². The second kappa shape index (κ2) is 9.71. The fraction of sp³-hybridized carbons (Fsp3) is 0.381. The molecule has 2 aromatic carbocycles. The monoisotopic (exact) mass is 371 g/mol. The number of anilines is 1. The molecule has 27 heavy (non-hydrogen) atoms. The highest BCUT2D eigenvalue weighted by Gasteiger charge is 2.13. The number of rotatable bonds is 8. The third kappa shape index (κ3) is 5.54. The molecule has 146 valence electrons. The number of nitrogens with two attached hydrogens (primary N) is 1. The molecule has 0 saturated heterocycles. The second-order valence-electron chi connectivity index (χ2n) is 6.37. The van der Waals surface area contributed by atoms with Crippen molar-refractivity contribution in [3.8, 4) is 17.2 Å². The molecule has 2 aromatic rings. The van der Waals surface area contributed by atoms with Gasteiger partial charge in [0.25, 0.3) is 0 Å². The van der Waals surface area contributed by atoms with E-state index in [0.29, 0.717) is 42.3 Å². The molecule has 2 rings (SSSR count). The van der Waals surface area contributed by atoms with Gasteiger partial charge in [0.2, 0.25) is 5.75 Å². The van der Waals surface area contributed by atoms with Gasteiger partial charge in [-0.15, -0.1) is 0 Å². The summed E-state index contributed by atoms with van der Waals surface area (Å²) >= 11 is 0. The molecule has 0 aliphatic carbocycles. The van der Waals surface area contributed by atoms with Crippen LogP contribution in [0.15, 0.2) is 41.4 Å². The molecule has 0 aliphatic rings. The van der Waals surface area contributed by atoms with E-state index in [4.69, 9.17) is 19.9 Å². The van der Waals surface area contributed by atoms with Crippen LogP contribution in [0.3, 0.4) is 0 Å². The molecule has 0 heterocycles. The summed E-state index contributed by atoms with van der Waals surface area (Å²) < 4.78 is 16.5. The zero-order valence-corrected chi connectivity index (χ0v) is 16.7. The number of guanidine groups is 1. The van der Waals surface area contributed by atoms with Gasteiger partial charge < -0.3 is 25.3 Å². The molecule has 0 saturated carbocycles. The van der Waals surface area contributed by atoms with E-state index in [1.54, 1.807) is 14.2 Å². The van der Waals surface area contributed by atoms with E-state index >= 15 is 0 Å². The van der Waals surface area contributed by atoms with E-state index in [0.717, 1.165) is 11.3 Å². The van der Waals surface area contributed by atoms with Gasteiger partial charge in [-0.3, -0.25) is 0 Å². The molecule has 0 bridgehead atoms. The zero-order chi connectivity index (χ0) is 19.8. The summed E-state index contributed by atoms with van der Waals surface area (Å²) in [6.07, 6.45) is 0. The van der Waals surface area contributed by atoms with Crippen molar-refractivity contribution >= 4 is 11.6 Å². The van der Waals surface area contributed by atoms with Gasteiger partial charge in [0.1, 0.15) is 0 Å². The van der Waals surface area contributed by atoms with Crippen LogP contribution in [-0.2, 0) is 6.54 Å². The third-order valence-corrected chi connectivity index (χ3v) is 4.07. The van der Waals surface area contributed by atoms with Crippen molar-refractivity contribution in [1.82, 2.24) is 0 Å². The Morgan fingerprint density at radius 3 is 2.33 bits per heavy atom. The molecule has 0 amide bonds. The highest BCUT2D eigenvalue weighted by Crippen LogP contribution is 2.38. The van der Waals surface area contributed by atoms with Crippen molar-refractivity contribution < 1.29 is 14.2 Å². The van der Waals surface area contributed by atoms with E-state index in [-0.39, 0.29) is 0 Å². The first-order chi connectivity index (χ1) is 13.0. The SMILES string of the molecule is CCOc1c(OC)cc(CN=C(N)Nc2cccc(C(C)C)c2)cc1OC. The number of hydrogen-bond acceptors (Lipinski definition) is 4. The van der Waals surface area contributed by atoms with E-state index in [1.807, 2.05) is 31.2 Å². The summed E-state index contributed by atoms with van der Waals surface area (Å²) in [6, 6.07) is 11.9. The average Bonchev–Trinajstić information content (AvgIpc) is 2.67. The van der Waals surface area contributed by atoms with Crippen molar-refractivity contribution in [2.24, 2.45) is 10.7 Å². The van der Waals surface area contributed by atoms with E-state index < -0.39 is 0 Å². The zero-order valence-electron chi connectivity index (χ0n) is 16.7. The number of nitrogens with one attached hydrogen (secondary N) is 1. The van der Waals surface area contributed by atoms with Crippen LogP contribution in [0.2, 0.25) is 0 Å². The molecule has 0 radical (unpaired) electrons. The molecule has 0 atom stereocenters. The highest BCUT2D eigenvalue weighted by atomic mass is 16.5. The molecule has 0 aromatic heterocycles. The smallest absolute Gasteiger partial charge is 0.203 e. The van der Waals surface area contributed by atoms with Crippen LogP contribution < -0.4 is 25.3 Å². The summed E-state index contributed by atoms with van der Waals surface area (Å²) in [5.41, 5.74) is 9.13. The maximum atomic E-state index is 6.05. The summed E-state index contributed by atoms with van der Waals surface area (Å²) in [7, 11) is 3.20. The quantitative estimate of drug-likeness (QED) is 0.538. The average molecular weight is 371 g/mol. The Kier molecular flexibility index (Phi) is 7.34. The molecule has 6 nitrogen and oxygen atoms in total. The molecule has 0 aliphatic heterocycles. The number of ether oxygens (including phenoxy) is 3. The van der Waals surface area contributed by atoms with Crippen molar-refractivity contribution in [2.75, 3.05) is 26.1 Å². The van der Waals surface area contributed by atoms with Crippen molar-refractivity contribution in [3.63, 3.8) is 0 Å². The third-order valence-electron chi connectivity index (χ3n) is 4.07. The first-order valence-corrected chi connectivity index (χ1v) is 9.03. The lowest BCUT2D eigenvalue weighted by molar-refractivity contribution is 0.288. The fourth-order valence-corrected chi connectivity index (χ4v) is 2.65. The maximum absolute atomic E-state index is 6.05. The van der Waals surface area contributed by atoms with Crippen LogP contribution in [0.4, 0.5) is 5.69 Å². The van der Waals surface area contributed by atoms with Gasteiger partial charge in [0.15, 0.2) is 17.5 Å². The fourth-order valence-electron chi connectivity index (χ4n) is 2.65. The molecule has 0 fully saturated rings. The molecule has 0 unspecified atom stereocenters. The van der Waals surface area contributed by atoms with E-state index in [2.05, 4.69) is 36.3 Å². The summed E-state index contributed by atoms with van der Waals surface area (Å²) in [5.74, 6) is 2.61. The minimum absolute atomic E-state index is 0.350. The van der Waals surface area contributed by atoms with E-state index in [9.17, 15) is 0 Å². The predicted molar refractivity (Wildman–Crippen MR) is 110 cm³/mol. The standard InChI is InChI=1S/C21H29N3O3/c1-6-27-20-18(25-4)10-15(11-19(20)26-5)13-23-21(22)24-17-9-7-8-16(12-17)14(2)3/h7-12,14H,6,13H2,1-5H3,(H3,22,23,24). The van der Waals surface area contributed by atoms with Gasteiger partial charge >= 0.3 is 0 Å². The largest absolute Gasteiger partial charge is 0.493 e. The number of nitrogens with zero attached hydrogens (tertiary/aromatic N) is 1. The summed E-state index contributed by atoms with van der Waals surface area (Å²) in [5, 5.41) is 3.14. The van der Waals surface area contributed by atoms with Gasteiger partial charge in [0, 0.05) is 5.69 Å². The highest BCUT2D eigenvalue weighted by molar-refractivity contribution is 5.92. The van der Waals surface area contributed by atoms with Crippen molar-refractivity contribution in [1.29, 1.82) is 0 Å². The molecule has 6 heteroatoms. The Morgan fingerprint density at radius 1 is 1.11 bits per heavy atom. The first-order valence-electron chi connectivity index (χ1n) is 9.03. The Labute approximate surface area is 161 Å². The molecular formula is C21H29N3O3. The summed E-state index contributed by atoms with van der Waals surface area (Å²) in [6.45, 7) is 7.14. The topological polar surface area (TPSA) is 78.1 Å². The van der Waals surface area contributed by atoms with Crippen LogP contribution in [-0.4, -0.2) is 26.8 Å². The Morgan fingerprint density at radius 2 is 1.78 bits per heavy atom. The van der Waals surface area contributed by atoms with Crippen LogP contribution in [0.1, 0.15) is 37.8 Å². The number of aliphatic imine (C=N–C) groups is 1. The lowest BCUT2D eigenvalue weighted by atomic mass is 10.0. The van der Waals surface area contributed by atoms with Crippen molar-refractivity contribution in [3.05, 3.63) is 47.5 Å².